The zero-order chi connectivity index (χ0) is 28.5. The average Bonchev–Trinajstić information content (AvgIpc) is 2.96. The molecule has 0 fully saturated rings. The Balaban J connectivity index is 0.000000185. The molecule has 1 aliphatic heterocycles. The molecule has 1 aliphatic rings. The van der Waals surface area contributed by atoms with Gasteiger partial charge in [0.2, 0.25) is 0 Å². The van der Waals surface area contributed by atoms with Crippen LogP contribution in [0.3, 0.4) is 0 Å². The van der Waals surface area contributed by atoms with Crippen molar-refractivity contribution < 1.29 is 0 Å². The van der Waals surface area contributed by atoms with Crippen molar-refractivity contribution in [2.45, 2.75) is 29.3 Å². The number of fused-ring (bicyclic) bond motifs is 2. The van der Waals surface area contributed by atoms with Crippen LogP contribution in [0.5, 0.6) is 0 Å². The Bertz CT molecular complexity index is 1280. The van der Waals surface area contributed by atoms with Crippen molar-refractivity contribution in [2.75, 3.05) is 57.6 Å². The van der Waals surface area contributed by atoms with Crippen molar-refractivity contribution in [1.29, 1.82) is 0 Å². The Morgan fingerprint density at radius 1 is 0.775 bits per heavy atom. The van der Waals surface area contributed by atoms with E-state index >= 15 is 0 Å². The fraction of sp³-hybridized carbons (Fsp3) is 0.303. The van der Waals surface area contributed by atoms with Gasteiger partial charge in [0.15, 0.2) is 0 Å². The highest BCUT2D eigenvalue weighted by molar-refractivity contribution is 7.99. The number of hydrogen-bond acceptors (Lipinski definition) is 6. The van der Waals surface area contributed by atoms with Crippen LogP contribution in [0.25, 0.3) is 0 Å². The number of para-hydroxylation sites is 2. The van der Waals surface area contributed by atoms with E-state index in [2.05, 4.69) is 120 Å². The lowest BCUT2D eigenvalue weighted by atomic mass is 10.2. The largest absolute Gasteiger partial charge is 0.351 e. The zero-order valence-corrected chi connectivity index (χ0v) is 25.7. The van der Waals surface area contributed by atoms with Gasteiger partial charge in [-0.2, -0.15) is 0 Å². The number of hydrogen-bond donors (Lipinski definition) is 0. The molecular formula is C33H40ClN5S. The predicted molar refractivity (Wildman–Crippen MR) is 172 cm³/mol. The van der Waals surface area contributed by atoms with Crippen LogP contribution >= 0.6 is 23.4 Å². The molecule has 0 radical (unpaired) electrons. The number of likely N-dealkylation sites (N-methyl/N-ethyl adjacent to an activating group) is 2. The fourth-order valence-corrected chi connectivity index (χ4v) is 5.57. The molecule has 0 N–H and O–H groups in total. The maximum Gasteiger partial charge on any atom is 0.128 e. The summed E-state index contributed by atoms with van der Waals surface area (Å²) in [6.45, 7) is 6.04. The predicted octanol–water partition coefficient (Wildman–Crippen LogP) is 7.54. The molecular weight excluding hydrogens is 534 g/mol. The second-order valence-electron chi connectivity index (χ2n) is 10.5. The van der Waals surface area contributed by atoms with E-state index in [1.807, 2.05) is 48.3 Å². The normalized spacial score (nSPS) is 12.8. The molecule has 40 heavy (non-hydrogen) atoms. The quantitative estimate of drug-likeness (QED) is 0.205. The first kappa shape index (κ1) is 29.9. The van der Waals surface area contributed by atoms with Gasteiger partial charge >= 0.3 is 0 Å². The van der Waals surface area contributed by atoms with Gasteiger partial charge in [0, 0.05) is 53.2 Å². The highest BCUT2D eigenvalue weighted by Gasteiger charge is 2.24. The molecule has 0 bridgehead atoms. The van der Waals surface area contributed by atoms with E-state index in [-0.39, 0.29) is 0 Å². The van der Waals surface area contributed by atoms with Crippen molar-refractivity contribution in [3.63, 3.8) is 0 Å². The lowest BCUT2D eigenvalue weighted by molar-refractivity contribution is 0.319. The zero-order valence-electron chi connectivity index (χ0n) is 24.2. The van der Waals surface area contributed by atoms with Crippen LogP contribution in [0.15, 0.2) is 107 Å². The minimum Gasteiger partial charge on any atom is -0.351 e. The van der Waals surface area contributed by atoms with Gasteiger partial charge in [0.1, 0.15) is 5.82 Å². The molecule has 210 valence electrons. The number of rotatable bonds is 9. The van der Waals surface area contributed by atoms with Crippen molar-refractivity contribution in [2.24, 2.45) is 0 Å². The molecule has 4 aromatic rings. The number of nitrogens with zero attached hydrogens (tertiary/aromatic N) is 5. The van der Waals surface area contributed by atoms with Crippen LogP contribution in [-0.2, 0) is 6.54 Å². The highest BCUT2D eigenvalue weighted by Crippen LogP contribution is 2.47. The Morgan fingerprint density at radius 2 is 1.38 bits per heavy atom. The molecule has 1 aromatic heterocycles. The van der Waals surface area contributed by atoms with Gasteiger partial charge in [-0.1, -0.05) is 65.8 Å². The van der Waals surface area contributed by atoms with E-state index in [4.69, 9.17) is 11.6 Å². The lowest BCUT2D eigenvalue weighted by Crippen LogP contribution is -2.37. The van der Waals surface area contributed by atoms with E-state index in [1.54, 1.807) is 0 Å². The van der Waals surface area contributed by atoms with Gasteiger partial charge in [-0.25, -0.2) is 4.98 Å². The van der Waals surface area contributed by atoms with Gasteiger partial charge in [0.05, 0.1) is 11.4 Å². The van der Waals surface area contributed by atoms with Crippen LogP contribution in [0.1, 0.15) is 12.5 Å². The Morgan fingerprint density at radius 3 is 1.93 bits per heavy atom. The van der Waals surface area contributed by atoms with Crippen molar-refractivity contribution in [3.8, 4) is 0 Å². The maximum atomic E-state index is 5.94. The Labute approximate surface area is 249 Å². The summed E-state index contributed by atoms with van der Waals surface area (Å²) in [7, 11) is 8.44. The smallest absolute Gasteiger partial charge is 0.128 e. The first-order valence-electron chi connectivity index (χ1n) is 13.7. The summed E-state index contributed by atoms with van der Waals surface area (Å²) in [5.41, 5.74) is 3.88. The van der Waals surface area contributed by atoms with E-state index in [9.17, 15) is 0 Å². The van der Waals surface area contributed by atoms with Crippen LogP contribution in [0.2, 0.25) is 5.02 Å². The summed E-state index contributed by atoms with van der Waals surface area (Å²) in [5.74, 6) is 1.00. The molecule has 7 heteroatoms. The van der Waals surface area contributed by atoms with Gasteiger partial charge < -0.3 is 19.6 Å². The van der Waals surface area contributed by atoms with Gasteiger partial charge in [-0.15, -0.1) is 0 Å². The molecule has 0 amide bonds. The van der Waals surface area contributed by atoms with Gasteiger partial charge in [-0.3, -0.25) is 0 Å². The SMILES string of the molecule is CC(CN1c2ccccc2Sc2ccccc21)N(C)C.CN(C)CCN(Cc1ccc(Cl)cc1)c1ccccn1. The molecule has 5 rings (SSSR count). The summed E-state index contributed by atoms with van der Waals surface area (Å²) in [4.78, 5) is 16.3. The molecule has 0 saturated carbocycles. The monoisotopic (exact) mass is 573 g/mol. The summed E-state index contributed by atoms with van der Waals surface area (Å²) in [6, 6.07) is 31.9. The summed E-state index contributed by atoms with van der Waals surface area (Å²) < 4.78 is 0. The van der Waals surface area contributed by atoms with Crippen LogP contribution in [-0.4, -0.2) is 68.7 Å². The summed E-state index contributed by atoms with van der Waals surface area (Å²) in [5, 5.41) is 0.770. The van der Waals surface area contributed by atoms with Crippen LogP contribution in [0.4, 0.5) is 17.2 Å². The van der Waals surface area contributed by atoms with Crippen LogP contribution < -0.4 is 9.80 Å². The van der Waals surface area contributed by atoms with E-state index < -0.39 is 0 Å². The average molecular weight is 574 g/mol. The summed E-state index contributed by atoms with van der Waals surface area (Å²) in [6.07, 6.45) is 1.83. The van der Waals surface area contributed by atoms with Crippen molar-refractivity contribution in [1.82, 2.24) is 14.8 Å². The molecule has 0 spiro atoms. The fourth-order valence-electron chi connectivity index (χ4n) is 4.35. The number of halogens is 1. The maximum absolute atomic E-state index is 5.94. The minimum absolute atomic E-state index is 0.499. The first-order chi connectivity index (χ1) is 19.3. The van der Waals surface area contributed by atoms with Gasteiger partial charge in [0.25, 0.3) is 0 Å². The van der Waals surface area contributed by atoms with Crippen LogP contribution in [0, 0.1) is 0 Å². The van der Waals surface area contributed by atoms with Crippen molar-refractivity contribution in [3.05, 3.63) is 108 Å². The molecule has 2 heterocycles. The number of benzene rings is 3. The minimum atomic E-state index is 0.499. The number of aromatic nitrogens is 1. The van der Waals surface area contributed by atoms with E-state index in [0.717, 1.165) is 37.0 Å². The molecule has 0 saturated heterocycles. The number of anilines is 3. The second kappa shape index (κ2) is 14.6. The van der Waals surface area contributed by atoms with Gasteiger partial charge in [-0.05, 0) is 89.2 Å². The topological polar surface area (TPSA) is 25.9 Å². The molecule has 1 atom stereocenters. The van der Waals surface area contributed by atoms with E-state index in [0.29, 0.717) is 6.04 Å². The second-order valence-corrected chi connectivity index (χ2v) is 12.0. The first-order valence-corrected chi connectivity index (χ1v) is 14.9. The number of pyridine rings is 1. The molecule has 3 aromatic carbocycles. The Kier molecular flexibility index (Phi) is 10.9. The summed E-state index contributed by atoms with van der Waals surface area (Å²) >= 11 is 7.80. The third-order valence-electron chi connectivity index (χ3n) is 6.94. The Hall–Kier alpha value is -3.03. The molecule has 1 unspecified atom stereocenters. The van der Waals surface area contributed by atoms with Crippen molar-refractivity contribution >= 4 is 40.6 Å². The highest BCUT2D eigenvalue weighted by atomic mass is 35.5. The third kappa shape index (κ3) is 8.24. The standard InChI is InChI=1S/C17H20N2S.C16H20ClN3/c1-13(18(2)3)12-19-14-8-4-6-10-16(14)20-17-11-7-5-9-15(17)19;1-19(2)11-12-20(16-5-3-4-10-18-16)13-14-6-8-15(17)9-7-14/h4-11,13H,12H2,1-3H3;3-10H,11-13H2,1-2H3. The third-order valence-corrected chi connectivity index (χ3v) is 8.32. The molecule has 0 aliphatic carbocycles. The van der Waals surface area contributed by atoms with E-state index in [1.165, 1.54) is 26.7 Å². The lowest BCUT2D eigenvalue weighted by Gasteiger charge is -2.36. The molecule has 5 nitrogen and oxygen atoms in total.